The van der Waals surface area contributed by atoms with Gasteiger partial charge in [0.25, 0.3) is 0 Å². The molecule has 1 aliphatic heterocycles. The Morgan fingerprint density at radius 3 is 2.64 bits per heavy atom. The molecular weight excluding hydrogens is 312 g/mol. The van der Waals surface area contributed by atoms with Crippen molar-refractivity contribution >= 4 is 23.2 Å². The Kier molecular flexibility index (Phi) is 3.69. The van der Waals surface area contributed by atoms with Crippen LogP contribution in [0.1, 0.15) is 11.1 Å². The number of para-hydroxylation sites is 1. The average molecular weight is 330 g/mol. The van der Waals surface area contributed by atoms with Gasteiger partial charge in [-0.3, -0.25) is 4.79 Å². The highest BCUT2D eigenvalue weighted by atomic mass is 16.2. The molecule has 124 valence electrons. The Morgan fingerprint density at radius 2 is 1.84 bits per heavy atom. The highest BCUT2D eigenvalue weighted by Gasteiger charge is 2.24. The van der Waals surface area contributed by atoms with Crippen LogP contribution in [0.4, 0.5) is 17.3 Å². The van der Waals surface area contributed by atoms with E-state index in [0.717, 1.165) is 28.2 Å². The highest BCUT2D eigenvalue weighted by Crippen LogP contribution is 2.35. The van der Waals surface area contributed by atoms with Crippen LogP contribution >= 0.6 is 0 Å². The predicted molar refractivity (Wildman–Crippen MR) is 99.0 cm³/mol. The molecule has 2 heterocycles. The van der Waals surface area contributed by atoms with Crippen molar-refractivity contribution < 1.29 is 4.79 Å². The fourth-order valence-corrected chi connectivity index (χ4v) is 2.98. The number of amides is 1. The first-order valence-corrected chi connectivity index (χ1v) is 8.17. The smallest absolute Gasteiger partial charge is 0.231 e. The van der Waals surface area contributed by atoms with E-state index in [2.05, 4.69) is 10.3 Å². The summed E-state index contributed by atoms with van der Waals surface area (Å²) in [5.41, 5.74) is 5.59. The van der Waals surface area contributed by atoms with Gasteiger partial charge in [0.05, 0.1) is 17.8 Å². The zero-order valence-corrected chi connectivity index (χ0v) is 14.2. The molecule has 1 aromatic heterocycles. The molecule has 0 spiro atoms. The topological polar surface area (TPSA) is 58.1 Å². The molecule has 0 aliphatic carbocycles. The van der Waals surface area contributed by atoms with E-state index >= 15 is 0 Å². The van der Waals surface area contributed by atoms with Crippen LogP contribution in [-0.4, -0.2) is 22.9 Å². The van der Waals surface area contributed by atoms with Crippen LogP contribution in [-0.2, 0) is 11.2 Å². The van der Waals surface area contributed by atoms with E-state index in [1.54, 1.807) is 18.1 Å². The van der Waals surface area contributed by atoms with Crippen molar-refractivity contribution in [1.82, 2.24) is 9.97 Å². The minimum absolute atomic E-state index is 0.0362. The predicted octanol–water partition coefficient (Wildman–Crippen LogP) is 3.71. The van der Waals surface area contributed by atoms with Crippen LogP contribution in [0.25, 0.3) is 11.3 Å². The molecule has 5 nitrogen and oxygen atoms in total. The van der Waals surface area contributed by atoms with Crippen LogP contribution in [0.5, 0.6) is 0 Å². The van der Waals surface area contributed by atoms with Crippen LogP contribution in [0.3, 0.4) is 0 Å². The fourth-order valence-electron chi connectivity index (χ4n) is 2.98. The number of carbonyl (C=O) groups excluding carboxylic acids is 1. The molecule has 0 radical (unpaired) electrons. The first-order valence-electron chi connectivity index (χ1n) is 8.17. The second-order valence-electron chi connectivity index (χ2n) is 6.21. The second-order valence-corrected chi connectivity index (χ2v) is 6.21. The lowest BCUT2D eigenvalue weighted by molar-refractivity contribution is -0.117. The lowest BCUT2D eigenvalue weighted by atomic mass is 10.1. The molecule has 0 atom stereocenters. The third-order valence-electron chi connectivity index (χ3n) is 4.41. The fraction of sp³-hybridized carbons (Fsp3) is 0.150. The molecule has 0 saturated heterocycles. The van der Waals surface area contributed by atoms with E-state index in [-0.39, 0.29) is 5.91 Å². The van der Waals surface area contributed by atoms with Crippen LogP contribution in [0, 0.1) is 6.92 Å². The number of anilines is 3. The molecular formula is C20H18N4O. The Morgan fingerprint density at radius 1 is 1.08 bits per heavy atom. The number of aryl methyl sites for hydroxylation is 1. The standard InChI is InChI=1S/C20H18N4O/c1-13-7-9-15(10-8-13)22-20-21-12-14-11-18(25)24(2)17-6-4-3-5-16(17)19(14)23-20/h3-10,12H,11H2,1-2H3,(H,21,22,23). The van der Waals surface area contributed by atoms with Gasteiger partial charge in [-0.2, -0.15) is 0 Å². The van der Waals surface area contributed by atoms with Crippen molar-refractivity contribution in [2.24, 2.45) is 0 Å². The summed E-state index contributed by atoms with van der Waals surface area (Å²) in [6.45, 7) is 2.05. The summed E-state index contributed by atoms with van der Waals surface area (Å²) < 4.78 is 0. The van der Waals surface area contributed by atoms with Crippen LogP contribution in [0.15, 0.2) is 54.7 Å². The van der Waals surface area contributed by atoms with Gasteiger partial charge in [0.2, 0.25) is 11.9 Å². The summed E-state index contributed by atoms with van der Waals surface area (Å²) >= 11 is 0. The summed E-state index contributed by atoms with van der Waals surface area (Å²) in [7, 11) is 1.80. The van der Waals surface area contributed by atoms with E-state index in [1.807, 2.05) is 55.5 Å². The van der Waals surface area contributed by atoms with Crippen molar-refractivity contribution in [3.05, 3.63) is 65.9 Å². The number of rotatable bonds is 2. The van der Waals surface area contributed by atoms with Crippen molar-refractivity contribution in [3.63, 3.8) is 0 Å². The molecule has 0 bridgehead atoms. The maximum atomic E-state index is 12.4. The molecule has 4 rings (SSSR count). The zero-order chi connectivity index (χ0) is 17.4. The Hall–Kier alpha value is -3.21. The number of benzene rings is 2. The Bertz CT molecular complexity index is 950. The van der Waals surface area contributed by atoms with Gasteiger partial charge in [0, 0.05) is 30.1 Å². The number of nitrogens with zero attached hydrogens (tertiary/aromatic N) is 3. The first-order chi connectivity index (χ1) is 12.1. The lowest BCUT2D eigenvalue weighted by Gasteiger charge is -2.16. The normalized spacial score (nSPS) is 13.0. The molecule has 1 aliphatic rings. The van der Waals surface area contributed by atoms with E-state index in [1.165, 1.54) is 5.56 Å². The van der Waals surface area contributed by atoms with E-state index in [9.17, 15) is 4.79 Å². The zero-order valence-electron chi connectivity index (χ0n) is 14.2. The van der Waals surface area contributed by atoms with Gasteiger partial charge in [0.15, 0.2) is 0 Å². The van der Waals surface area contributed by atoms with E-state index in [4.69, 9.17) is 4.98 Å². The lowest BCUT2D eigenvalue weighted by Crippen LogP contribution is -2.26. The number of carbonyl (C=O) groups is 1. The Labute approximate surface area is 146 Å². The Balaban J connectivity index is 1.78. The van der Waals surface area contributed by atoms with Crippen molar-refractivity contribution in [1.29, 1.82) is 0 Å². The molecule has 0 unspecified atom stereocenters. The van der Waals surface area contributed by atoms with Gasteiger partial charge in [-0.05, 0) is 25.1 Å². The third kappa shape index (κ3) is 2.85. The summed E-state index contributed by atoms with van der Waals surface area (Å²) in [6.07, 6.45) is 2.04. The minimum Gasteiger partial charge on any atom is -0.324 e. The summed E-state index contributed by atoms with van der Waals surface area (Å²) in [5, 5.41) is 3.23. The average Bonchev–Trinajstić information content (AvgIpc) is 2.73. The van der Waals surface area contributed by atoms with Crippen molar-refractivity contribution in [2.45, 2.75) is 13.3 Å². The van der Waals surface area contributed by atoms with Crippen LogP contribution < -0.4 is 10.2 Å². The maximum absolute atomic E-state index is 12.4. The number of aromatic nitrogens is 2. The van der Waals surface area contributed by atoms with Gasteiger partial charge in [-0.1, -0.05) is 35.9 Å². The minimum atomic E-state index is 0.0362. The van der Waals surface area contributed by atoms with Gasteiger partial charge >= 0.3 is 0 Å². The second kappa shape index (κ2) is 6.02. The van der Waals surface area contributed by atoms with Crippen molar-refractivity contribution in [3.8, 4) is 11.3 Å². The van der Waals surface area contributed by atoms with Gasteiger partial charge in [-0.25, -0.2) is 9.97 Å². The summed E-state index contributed by atoms with van der Waals surface area (Å²) in [4.78, 5) is 23.2. The summed E-state index contributed by atoms with van der Waals surface area (Å²) in [5.74, 6) is 0.559. The van der Waals surface area contributed by atoms with Gasteiger partial charge in [-0.15, -0.1) is 0 Å². The van der Waals surface area contributed by atoms with Crippen LogP contribution in [0.2, 0.25) is 0 Å². The highest BCUT2D eigenvalue weighted by molar-refractivity contribution is 6.01. The van der Waals surface area contributed by atoms with Gasteiger partial charge < -0.3 is 10.2 Å². The molecule has 1 amide bonds. The van der Waals surface area contributed by atoms with E-state index in [0.29, 0.717) is 12.4 Å². The number of hydrogen-bond acceptors (Lipinski definition) is 4. The van der Waals surface area contributed by atoms with Crippen molar-refractivity contribution in [2.75, 3.05) is 17.3 Å². The van der Waals surface area contributed by atoms with Gasteiger partial charge in [0.1, 0.15) is 0 Å². The molecule has 1 N–H and O–H groups in total. The number of nitrogens with one attached hydrogen (secondary N) is 1. The number of fused-ring (bicyclic) bond motifs is 3. The SMILES string of the molecule is Cc1ccc(Nc2ncc3c(n2)-c2ccccc2N(C)C(=O)C3)cc1. The molecule has 25 heavy (non-hydrogen) atoms. The molecule has 2 aromatic carbocycles. The molecule has 5 heteroatoms. The van der Waals surface area contributed by atoms with E-state index < -0.39 is 0 Å². The maximum Gasteiger partial charge on any atom is 0.231 e. The largest absolute Gasteiger partial charge is 0.324 e. The number of hydrogen-bond donors (Lipinski definition) is 1. The molecule has 0 fully saturated rings. The molecule has 3 aromatic rings. The quantitative estimate of drug-likeness (QED) is 0.778. The third-order valence-corrected chi connectivity index (χ3v) is 4.41. The monoisotopic (exact) mass is 330 g/mol. The number of likely N-dealkylation sites (N-methyl/N-ethyl adjacent to an activating group) is 1. The first kappa shape index (κ1) is 15.3. The summed E-state index contributed by atoms with van der Waals surface area (Å²) in [6, 6.07) is 15.9. The molecule has 0 saturated carbocycles.